The van der Waals surface area contributed by atoms with Gasteiger partial charge in [0.2, 0.25) is 0 Å². The Morgan fingerprint density at radius 2 is 2.08 bits per heavy atom. The molecule has 2 heterocycles. The maximum absolute atomic E-state index is 12.5. The van der Waals surface area contributed by atoms with Crippen LogP contribution in [0.25, 0.3) is 0 Å². The minimum atomic E-state index is -0.318. The fraction of sp³-hybridized carbons (Fsp3) is 0.529. The molecule has 0 spiro atoms. The van der Waals surface area contributed by atoms with Gasteiger partial charge in [-0.3, -0.25) is 4.79 Å². The van der Waals surface area contributed by atoms with Crippen molar-refractivity contribution in [2.45, 2.75) is 46.1 Å². The molecule has 7 nitrogen and oxygen atoms in total. The molecule has 1 amide bonds. The van der Waals surface area contributed by atoms with Crippen molar-refractivity contribution < 1.29 is 9.53 Å². The van der Waals surface area contributed by atoms with E-state index in [1.807, 2.05) is 24.6 Å². The molecule has 1 N–H and O–H groups in total. The monoisotopic (exact) mass is 329 g/mol. The number of anilines is 1. The first-order valence-electron chi connectivity index (χ1n) is 8.31. The van der Waals surface area contributed by atoms with Gasteiger partial charge in [-0.05, 0) is 44.7 Å². The summed E-state index contributed by atoms with van der Waals surface area (Å²) in [6.07, 6.45) is 5.02. The van der Waals surface area contributed by atoms with Crippen LogP contribution in [0, 0.1) is 19.8 Å². The number of hydrogen-bond acceptors (Lipinski definition) is 5. The zero-order valence-corrected chi connectivity index (χ0v) is 14.4. The van der Waals surface area contributed by atoms with Crippen molar-refractivity contribution in [1.29, 1.82) is 0 Å². The van der Waals surface area contributed by atoms with Crippen molar-refractivity contribution in [3.63, 3.8) is 0 Å². The highest BCUT2D eigenvalue weighted by atomic mass is 16.5. The SMILES string of the molecule is COc1ccc(C)nc1NC(=O)c1nnn(CC2CCCC2)c1C. The second-order valence-corrected chi connectivity index (χ2v) is 6.31. The van der Waals surface area contributed by atoms with Crippen molar-refractivity contribution in [2.24, 2.45) is 5.92 Å². The molecule has 1 fully saturated rings. The molecule has 2 aromatic heterocycles. The highest BCUT2D eigenvalue weighted by molar-refractivity contribution is 6.03. The van der Waals surface area contributed by atoms with Crippen molar-refractivity contribution in [2.75, 3.05) is 12.4 Å². The van der Waals surface area contributed by atoms with Crippen molar-refractivity contribution >= 4 is 11.7 Å². The van der Waals surface area contributed by atoms with Crippen molar-refractivity contribution in [3.8, 4) is 5.75 Å². The Labute approximate surface area is 141 Å². The van der Waals surface area contributed by atoms with E-state index in [-0.39, 0.29) is 5.91 Å². The van der Waals surface area contributed by atoms with Gasteiger partial charge in [0.25, 0.3) is 5.91 Å². The number of ether oxygens (including phenoxy) is 1. The molecular weight excluding hydrogens is 306 g/mol. The van der Waals surface area contributed by atoms with Gasteiger partial charge in [0.05, 0.1) is 12.8 Å². The number of carbonyl (C=O) groups excluding carboxylic acids is 1. The van der Waals surface area contributed by atoms with Gasteiger partial charge < -0.3 is 10.1 Å². The van der Waals surface area contributed by atoms with E-state index in [4.69, 9.17) is 4.74 Å². The van der Waals surface area contributed by atoms with Crippen molar-refractivity contribution in [1.82, 2.24) is 20.0 Å². The molecule has 3 rings (SSSR count). The maximum atomic E-state index is 12.5. The molecular formula is C17H23N5O2. The lowest BCUT2D eigenvalue weighted by atomic mass is 10.1. The highest BCUT2D eigenvalue weighted by Crippen LogP contribution is 2.27. The Morgan fingerprint density at radius 3 is 2.79 bits per heavy atom. The minimum Gasteiger partial charge on any atom is -0.493 e. The van der Waals surface area contributed by atoms with E-state index in [2.05, 4.69) is 20.6 Å². The number of methoxy groups -OCH3 is 1. The normalized spacial score (nSPS) is 14.8. The van der Waals surface area contributed by atoms with Gasteiger partial charge in [0.15, 0.2) is 17.3 Å². The van der Waals surface area contributed by atoms with Gasteiger partial charge in [0, 0.05) is 12.2 Å². The molecule has 2 aromatic rings. The van der Waals surface area contributed by atoms with Gasteiger partial charge in [-0.2, -0.15) is 0 Å². The molecule has 0 bridgehead atoms. The third-order valence-corrected chi connectivity index (χ3v) is 4.55. The molecule has 0 radical (unpaired) electrons. The molecule has 0 aliphatic heterocycles. The van der Waals surface area contributed by atoms with Crippen LogP contribution in [-0.4, -0.2) is 33.0 Å². The lowest BCUT2D eigenvalue weighted by molar-refractivity contribution is 0.102. The van der Waals surface area contributed by atoms with Crippen LogP contribution in [-0.2, 0) is 6.54 Å². The van der Waals surface area contributed by atoms with Gasteiger partial charge >= 0.3 is 0 Å². The van der Waals surface area contributed by atoms with Crippen LogP contribution < -0.4 is 10.1 Å². The number of nitrogens with zero attached hydrogens (tertiary/aromatic N) is 4. The number of rotatable bonds is 5. The van der Waals surface area contributed by atoms with E-state index in [1.165, 1.54) is 25.7 Å². The fourth-order valence-electron chi connectivity index (χ4n) is 3.15. The number of hydrogen-bond donors (Lipinski definition) is 1. The summed E-state index contributed by atoms with van der Waals surface area (Å²) in [6, 6.07) is 3.61. The van der Waals surface area contributed by atoms with E-state index in [9.17, 15) is 4.79 Å². The summed E-state index contributed by atoms with van der Waals surface area (Å²) >= 11 is 0. The number of aryl methyl sites for hydroxylation is 1. The van der Waals surface area contributed by atoms with Crippen LogP contribution in [0.1, 0.15) is 47.6 Å². The number of aromatic nitrogens is 4. The molecule has 0 unspecified atom stereocenters. The van der Waals surface area contributed by atoms with E-state index in [0.717, 1.165) is 17.9 Å². The van der Waals surface area contributed by atoms with Crippen LogP contribution in [0.2, 0.25) is 0 Å². The molecule has 24 heavy (non-hydrogen) atoms. The third-order valence-electron chi connectivity index (χ3n) is 4.55. The van der Waals surface area contributed by atoms with Crippen LogP contribution in [0.15, 0.2) is 12.1 Å². The van der Waals surface area contributed by atoms with Crippen molar-refractivity contribution in [3.05, 3.63) is 29.2 Å². The lowest BCUT2D eigenvalue weighted by Crippen LogP contribution is -2.16. The second kappa shape index (κ2) is 6.98. The summed E-state index contributed by atoms with van der Waals surface area (Å²) < 4.78 is 7.08. The first-order valence-corrected chi connectivity index (χ1v) is 8.31. The van der Waals surface area contributed by atoms with Crippen LogP contribution in [0.5, 0.6) is 5.75 Å². The minimum absolute atomic E-state index is 0.318. The molecule has 0 aromatic carbocycles. The van der Waals surface area contributed by atoms with Crippen LogP contribution >= 0.6 is 0 Å². The summed E-state index contributed by atoms with van der Waals surface area (Å²) in [6.45, 7) is 4.57. The topological polar surface area (TPSA) is 81.9 Å². The Bertz CT molecular complexity index is 735. The summed E-state index contributed by atoms with van der Waals surface area (Å²) in [5, 5.41) is 11.0. The van der Waals surface area contributed by atoms with E-state index < -0.39 is 0 Å². The summed E-state index contributed by atoms with van der Waals surface area (Å²) in [5.74, 6) is 1.23. The average Bonchev–Trinajstić information content (AvgIpc) is 3.19. The fourth-order valence-corrected chi connectivity index (χ4v) is 3.15. The number of amides is 1. The standard InChI is InChI=1S/C17H23N5O2/c1-11-8-9-14(24-3)16(18-11)19-17(23)15-12(2)22(21-20-15)10-13-6-4-5-7-13/h8-9,13H,4-7,10H2,1-3H3,(H,18,19,23). The first-order chi connectivity index (χ1) is 11.6. The smallest absolute Gasteiger partial charge is 0.279 e. The van der Waals surface area contributed by atoms with Crippen LogP contribution in [0.4, 0.5) is 5.82 Å². The molecule has 1 saturated carbocycles. The zero-order chi connectivity index (χ0) is 17.1. The number of pyridine rings is 1. The third kappa shape index (κ3) is 3.39. The van der Waals surface area contributed by atoms with Gasteiger partial charge in [-0.25, -0.2) is 9.67 Å². The van der Waals surface area contributed by atoms with Gasteiger partial charge in [-0.1, -0.05) is 18.1 Å². The predicted molar refractivity (Wildman–Crippen MR) is 90.2 cm³/mol. The molecule has 1 aliphatic carbocycles. The lowest BCUT2D eigenvalue weighted by Gasteiger charge is -2.10. The number of carbonyl (C=O) groups is 1. The van der Waals surface area contributed by atoms with E-state index in [0.29, 0.717) is 23.2 Å². The number of nitrogens with one attached hydrogen (secondary N) is 1. The van der Waals surface area contributed by atoms with Gasteiger partial charge in [0.1, 0.15) is 0 Å². The largest absolute Gasteiger partial charge is 0.493 e. The summed E-state index contributed by atoms with van der Waals surface area (Å²) in [7, 11) is 1.55. The van der Waals surface area contributed by atoms with E-state index >= 15 is 0 Å². The Morgan fingerprint density at radius 1 is 1.33 bits per heavy atom. The quantitative estimate of drug-likeness (QED) is 0.912. The highest BCUT2D eigenvalue weighted by Gasteiger charge is 2.22. The Balaban J connectivity index is 1.76. The predicted octanol–water partition coefficient (Wildman–Crippen LogP) is 2.74. The molecule has 128 valence electrons. The molecule has 0 atom stereocenters. The van der Waals surface area contributed by atoms with Gasteiger partial charge in [-0.15, -0.1) is 5.10 Å². The maximum Gasteiger partial charge on any atom is 0.279 e. The molecule has 7 heteroatoms. The molecule has 0 saturated heterocycles. The Hall–Kier alpha value is -2.44. The Kier molecular flexibility index (Phi) is 4.78. The first kappa shape index (κ1) is 16.4. The summed E-state index contributed by atoms with van der Waals surface area (Å²) in [4.78, 5) is 16.9. The zero-order valence-electron chi connectivity index (χ0n) is 14.4. The average molecular weight is 329 g/mol. The summed E-state index contributed by atoms with van der Waals surface area (Å²) in [5.41, 5.74) is 1.91. The van der Waals surface area contributed by atoms with Crippen LogP contribution in [0.3, 0.4) is 0 Å². The van der Waals surface area contributed by atoms with E-state index in [1.54, 1.807) is 13.2 Å². The molecule has 1 aliphatic rings. The second-order valence-electron chi connectivity index (χ2n) is 6.31.